The molecule has 104 heavy (non-hydrogen) atoms. The van der Waals surface area contributed by atoms with Gasteiger partial charge in [-0.05, 0) is 76.8 Å². The van der Waals surface area contributed by atoms with Gasteiger partial charge in [-0.15, -0.1) is 0 Å². The monoisotopic (exact) mass is 1490 g/mol. The second-order valence-corrected chi connectivity index (χ2v) is 28.0. The van der Waals surface area contributed by atoms with Gasteiger partial charge in [0.1, 0.15) is 58.9 Å². The van der Waals surface area contributed by atoms with Crippen LogP contribution in [0, 0.1) is 31.8 Å². The van der Waals surface area contributed by atoms with E-state index in [1.807, 2.05) is 6.92 Å². The van der Waals surface area contributed by atoms with Crippen LogP contribution >= 0.6 is 24.4 Å². The lowest BCUT2D eigenvalue weighted by Gasteiger charge is -2.67. The number of ether oxygens (including phenoxy) is 7. The molecule has 2 aromatic carbocycles. The number of amides is 2. The number of hydrogen-bond acceptors (Lipinski definition) is 28. The van der Waals surface area contributed by atoms with Crippen molar-refractivity contribution in [2.75, 3.05) is 24.3 Å². The Balaban J connectivity index is 0.000000218. The molecule has 5 aromatic heterocycles. The highest BCUT2D eigenvalue weighted by Crippen LogP contribution is 2.64. The topological polar surface area (TPSA) is 488 Å². The Morgan fingerprint density at radius 2 is 1.50 bits per heavy atom. The van der Waals surface area contributed by atoms with Crippen LogP contribution in [-0.2, 0) is 47.5 Å². The van der Waals surface area contributed by atoms with E-state index in [2.05, 4.69) is 55.5 Å². The number of nitrogen functional groups attached to an aromatic ring is 1. The number of H-pyrrole nitrogens is 4. The molecule has 14 N–H and O–H groups in total. The van der Waals surface area contributed by atoms with Gasteiger partial charge in [0.25, 0.3) is 0 Å². The number of aromatic nitrogens is 10. The Kier molecular flexibility index (Phi) is 24.2. The number of esters is 3. The lowest BCUT2D eigenvalue weighted by atomic mass is 9.44. The van der Waals surface area contributed by atoms with Gasteiger partial charge in [-0.2, -0.15) is 4.98 Å². The van der Waals surface area contributed by atoms with Crippen LogP contribution in [0.15, 0.2) is 102 Å². The van der Waals surface area contributed by atoms with Gasteiger partial charge in [0.05, 0.1) is 73.5 Å². The number of aliphatic hydroxyl groups is 6. The molecule has 7 heterocycles. The molecule has 0 radical (unpaired) electrons. The van der Waals surface area contributed by atoms with Crippen molar-refractivity contribution in [1.29, 1.82) is 0 Å². The standard InChI is InChI=1S/C43H53NO14.C15H22FN3O6.C5H5N5S.C5H4N4S/c1-22-26(55-37(51)32(48)30(24-15-11-9-12-16-24)44-38(52)58-39(3,4)5)20-43(53)35(56-36(50)25-17-13-10-14-18-25)33-41(8,34(49)31(47)29(22)40(43,6)7)27(46)19-28-42(33,21-54-28)57-23(2)45;1-3-4-5-6-24-15(23)18-12-9(16)7-19(14(22)17-12)13-11(21)10(20)8(2)25-13;6-5-9-3-2(4(11)10-5)7-1-8-3;10-5-3-4(7-1-6-3)8-2-9-5/h9-18,26-28,30-33,35,46-48,53H,19-21H2,1-8H3,(H,44,52);7-8,10-11,13,20-21H,3-6H2,1-2H3,(H,17,18,22,23);1H,(H4,6,7,8,9,10,11);1-2H,(H2,6,7,8,9,10)/t26-,27-,28+,30-,31+,32+,33-,35-,41+,42-,43+;8-,10-,11-,13-;;/m01../s1. The summed E-state index contributed by atoms with van der Waals surface area (Å²) >= 11 is 9.82. The van der Waals surface area contributed by atoms with E-state index in [-0.39, 0.29) is 42.3 Å². The maximum atomic E-state index is 14.9. The Morgan fingerprint density at radius 1 is 0.865 bits per heavy atom. The molecular weight excluding hydrogens is 1400 g/mol. The number of anilines is 2. The summed E-state index contributed by atoms with van der Waals surface area (Å²) in [5, 5.41) is 73.2. The van der Waals surface area contributed by atoms with Crippen LogP contribution in [0.5, 0.6) is 0 Å². The number of nitrogens with zero attached hydrogens (tertiary/aromatic N) is 6. The van der Waals surface area contributed by atoms with Gasteiger partial charge in [-0.1, -0.05) is 107 Å². The first-order valence-corrected chi connectivity index (χ1v) is 33.9. The average molecular weight is 1490 g/mol. The molecule has 33 nitrogen and oxygen atoms in total. The fraction of sp³-hybridized carbons (Fsp3) is 0.500. The van der Waals surface area contributed by atoms with E-state index in [1.54, 1.807) is 89.5 Å². The average Bonchev–Trinajstić information content (AvgIpc) is 0.917. The van der Waals surface area contributed by atoms with Gasteiger partial charge in [0.2, 0.25) is 5.95 Å². The number of unbranched alkanes of at least 4 members (excludes halogenated alkanes) is 2. The minimum absolute atomic E-state index is 0.0637. The van der Waals surface area contributed by atoms with Crippen molar-refractivity contribution in [3.8, 4) is 0 Å². The van der Waals surface area contributed by atoms with Crippen molar-refractivity contribution in [3.63, 3.8) is 0 Å². The predicted molar refractivity (Wildman–Crippen MR) is 371 cm³/mol. The van der Waals surface area contributed by atoms with Crippen LogP contribution in [0.2, 0.25) is 0 Å². The summed E-state index contributed by atoms with van der Waals surface area (Å²) in [4.78, 5) is 123. The zero-order valence-corrected chi connectivity index (χ0v) is 59.9. The molecular formula is C68H84FN13O20S2. The number of aliphatic hydroxyl groups excluding tert-OH is 5. The molecule has 2 aliphatic heterocycles. The van der Waals surface area contributed by atoms with Crippen molar-refractivity contribution in [1.82, 2.24) is 54.7 Å². The second-order valence-electron chi connectivity index (χ2n) is 27.3. The Bertz CT molecular complexity index is 4510. The largest absolute Gasteiger partial charge is 0.456 e. The van der Waals surface area contributed by atoms with Gasteiger partial charge in [-0.3, -0.25) is 19.5 Å². The summed E-state index contributed by atoms with van der Waals surface area (Å²) in [6.07, 6.45) is -9.08. The van der Waals surface area contributed by atoms with Gasteiger partial charge in [0, 0.05) is 25.2 Å². The fourth-order valence-corrected chi connectivity index (χ4v) is 14.1. The first kappa shape index (κ1) is 78.8. The van der Waals surface area contributed by atoms with E-state index in [9.17, 15) is 68.6 Å². The molecule has 12 rings (SSSR count). The van der Waals surface area contributed by atoms with E-state index >= 15 is 0 Å². The number of alkyl carbamates (subject to hydrolysis) is 1. The molecule has 36 heteroatoms. The summed E-state index contributed by atoms with van der Waals surface area (Å²) in [5.74, 6) is -6.66. The molecule has 560 valence electrons. The van der Waals surface area contributed by atoms with Crippen LogP contribution in [0.3, 0.4) is 0 Å². The summed E-state index contributed by atoms with van der Waals surface area (Å²) in [7, 11) is 0. The predicted octanol–water partition coefficient (Wildman–Crippen LogP) is 5.63. The number of aromatic amines is 4. The molecule has 2 saturated heterocycles. The number of hydrogen-bond donors (Lipinski definition) is 13. The Labute approximate surface area is 603 Å². The van der Waals surface area contributed by atoms with E-state index in [1.165, 1.54) is 45.6 Å². The third kappa shape index (κ3) is 16.3. The number of halogens is 1. The zero-order chi connectivity index (χ0) is 76.1. The molecule has 2 bridgehead atoms. The highest BCUT2D eigenvalue weighted by molar-refractivity contribution is 7.71. The molecule has 4 fully saturated rings. The van der Waals surface area contributed by atoms with Crippen LogP contribution in [0.1, 0.15) is 130 Å². The Hall–Kier alpha value is -9.37. The van der Waals surface area contributed by atoms with Crippen molar-refractivity contribution in [2.45, 2.75) is 185 Å². The summed E-state index contributed by atoms with van der Waals surface area (Å²) in [6, 6.07) is 14.6. The van der Waals surface area contributed by atoms with Crippen molar-refractivity contribution >= 4 is 94.4 Å². The number of benzene rings is 2. The second kappa shape index (κ2) is 31.9. The molecule has 15 atom stereocenters. The number of fused-ring (bicyclic) bond motifs is 7. The van der Waals surface area contributed by atoms with E-state index in [0.29, 0.717) is 32.4 Å². The third-order valence-corrected chi connectivity index (χ3v) is 19.6. The van der Waals surface area contributed by atoms with Gasteiger partial charge < -0.3 is 94.8 Å². The summed E-state index contributed by atoms with van der Waals surface area (Å²) in [5.41, 5.74) is -0.792. The van der Waals surface area contributed by atoms with E-state index in [4.69, 9.17) is 63.3 Å². The number of nitrogens with one attached hydrogen (secondary N) is 6. The fourth-order valence-electron chi connectivity index (χ4n) is 13.6. The first-order chi connectivity index (χ1) is 49.0. The van der Waals surface area contributed by atoms with Gasteiger partial charge in [-0.25, -0.2) is 48.3 Å². The smallest absolute Gasteiger partial charge is 0.412 e. The quantitative estimate of drug-likeness (QED) is 0.0206. The summed E-state index contributed by atoms with van der Waals surface area (Å²) in [6.45, 7) is 15.5. The van der Waals surface area contributed by atoms with Crippen LogP contribution in [0.4, 0.5) is 25.7 Å². The maximum absolute atomic E-state index is 14.9. The maximum Gasteiger partial charge on any atom is 0.412 e. The number of rotatable bonds is 14. The number of carbonyl (C=O) groups is 6. The lowest BCUT2D eigenvalue weighted by Crippen LogP contribution is -2.81. The molecule has 5 aliphatic rings. The highest BCUT2D eigenvalue weighted by Gasteiger charge is 2.78. The Morgan fingerprint density at radius 3 is 2.10 bits per heavy atom. The number of nitrogens with two attached hydrogens (primary N) is 1. The SMILES string of the molecule is CC(=O)O[C@@]12CO[C@@H]1C[C@H](O)[C@@]1(C)C(=O)[C@H](O)C3=C(C)[C@@H](OC(=O)[C@H](O)[C@@H](NC(=O)OC(C)(C)C)c4ccccc4)C[C@@](O)([C@@H](OC(=O)c4ccccc4)[C@H]21)C3(C)C.CCCCCOC(=O)Nc1nc(=O)n([C@@H]2O[C@H](C)[C@@H](O)[C@H]2O)cc1F.Nc1nc(=S)c2[nH]cnc2[nH]1.S=c1nc[nH]c2nc[nH]c12. The van der Waals surface area contributed by atoms with Crippen molar-refractivity contribution < 1.29 is 97.0 Å². The minimum Gasteiger partial charge on any atom is -0.456 e. The number of ketones is 1. The molecule has 2 amide bonds. The normalized spacial score (nSPS) is 27.1. The zero-order valence-electron chi connectivity index (χ0n) is 58.3. The van der Waals surface area contributed by atoms with Crippen molar-refractivity contribution in [3.05, 3.63) is 134 Å². The van der Waals surface area contributed by atoms with Gasteiger partial charge >= 0.3 is 35.8 Å². The van der Waals surface area contributed by atoms with E-state index < -0.39 is 160 Å². The first-order valence-electron chi connectivity index (χ1n) is 33.1. The number of carbonyl (C=O) groups excluding carboxylic acids is 6. The number of imidazole rings is 2. The van der Waals surface area contributed by atoms with Gasteiger partial charge in [0.15, 0.2) is 55.9 Å². The molecule has 0 unspecified atom stereocenters. The molecule has 0 spiro atoms. The van der Waals surface area contributed by atoms with Crippen molar-refractivity contribution in [2.24, 2.45) is 16.7 Å². The minimum atomic E-state index is -2.35. The molecule has 2 saturated carbocycles. The highest BCUT2D eigenvalue weighted by atomic mass is 32.1. The third-order valence-electron chi connectivity index (χ3n) is 19.0. The number of Topliss-reactive ketones (excluding diaryl/α,β-unsaturated/α-hetero) is 1. The summed E-state index contributed by atoms with van der Waals surface area (Å²) < 4.78 is 55.4. The lowest BCUT2D eigenvalue weighted by molar-refractivity contribution is -0.346. The van der Waals surface area contributed by atoms with Crippen LogP contribution in [-0.4, -0.2) is 201 Å². The molecule has 3 aliphatic carbocycles. The van der Waals surface area contributed by atoms with Crippen LogP contribution in [0.25, 0.3) is 22.3 Å². The van der Waals surface area contributed by atoms with E-state index in [0.717, 1.165) is 41.7 Å². The molecule has 7 aromatic rings. The van der Waals surface area contributed by atoms with Crippen LogP contribution < -0.4 is 22.1 Å².